The topological polar surface area (TPSA) is 29.5 Å². The molecule has 0 saturated heterocycles. The van der Waals surface area contributed by atoms with Crippen LogP contribution in [-0.4, -0.2) is 17.4 Å². The molecule has 0 N–H and O–H groups in total. The molecule has 5 heteroatoms. The summed E-state index contributed by atoms with van der Waals surface area (Å²) < 4.78 is 30.4. The van der Waals surface area contributed by atoms with Crippen LogP contribution in [0.25, 0.3) is 0 Å². The van der Waals surface area contributed by atoms with Crippen molar-refractivity contribution in [2.24, 2.45) is 0 Å². The second-order valence-corrected chi connectivity index (χ2v) is 3.68. The van der Waals surface area contributed by atoms with E-state index >= 15 is 0 Å². The molecule has 1 amide bonds. The summed E-state index contributed by atoms with van der Waals surface area (Å²) in [6.07, 6.45) is 0.0154. The molecule has 0 fully saturated rings. The standard InChI is InChI=1S/C13H11F2NO2/c14-12(15)11-7-4-8-18-13(17)16(11)9-10-5-2-1-3-6-10/h1-8,12H,9H2. The minimum atomic E-state index is -2.73. The molecule has 0 radical (unpaired) electrons. The average molecular weight is 251 g/mol. The third-order valence-corrected chi connectivity index (χ3v) is 2.45. The lowest BCUT2D eigenvalue weighted by molar-refractivity contribution is 0.112. The highest BCUT2D eigenvalue weighted by Crippen LogP contribution is 2.21. The van der Waals surface area contributed by atoms with Crippen LogP contribution in [0.5, 0.6) is 0 Å². The lowest BCUT2D eigenvalue weighted by Gasteiger charge is -2.22. The number of halogens is 2. The Labute approximate surface area is 103 Å². The van der Waals surface area contributed by atoms with Gasteiger partial charge in [0.2, 0.25) is 0 Å². The Hall–Kier alpha value is -2.17. The predicted octanol–water partition coefficient (Wildman–Crippen LogP) is 3.30. The summed E-state index contributed by atoms with van der Waals surface area (Å²) in [5, 5.41) is 0. The zero-order chi connectivity index (χ0) is 13.0. The zero-order valence-electron chi connectivity index (χ0n) is 9.42. The summed E-state index contributed by atoms with van der Waals surface area (Å²) in [7, 11) is 0. The fourth-order valence-electron chi connectivity index (χ4n) is 1.61. The van der Waals surface area contributed by atoms with Crippen LogP contribution < -0.4 is 0 Å². The summed E-state index contributed by atoms with van der Waals surface area (Å²) in [6, 6.07) is 8.89. The number of amides is 1. The highest BCUT2D eigenvalue weighted by atomic mass is 19.3. The van der Waals surface area contributed by atoms with Crippen LogP contribution in [0.4, 0.5) is 13.6 Å². The van der Waals surface area contributed by atoms with Crippen molar-refractivity contribution >= 4 is 6.09 Å². The van der Waals surface area contributed by atoms with E-state index in [1.807, 2.05) is 6.07 Å². The molecule has 2 rings (SSSR count). The van der Waals surface area contributed by atoms with Crippen LogP contribution in [0, 0.1) is 0 Å². The highest BCUT2D eigenvalue weighted by molar-refractivity contribution is 5.71. The van der Waals surface area contributed by atoms with Gasteiger partial charge in [-0.1, -0.05) is 30.3 Å². The van der Waals surface area contributed by atoms with E-state index in [1.54, 1.807) is 24.3 Å². The maximum Gasteiger partial charge on any atom is 0.419 e. The minimum absolute atomic E-state index is 0.0531. The summed E-state index contributed by atoms with van der Waals surface area (Å²) in [5.74, 6) is 0. The van der Waals surface area contributed by atoms with Crippen molar-refractivity contribution in [1.29, 1.82) is 0 Å². The summed E-state index contributed by atoms with van der Waals surface area (Å²) in [5.41, 5.74) is 0.389. The Morgan fingerprint density at radius 3 is 2.61 bits per heavy atom. The molecule has 0 saturated carbocycles. The van der Waals surface area contributed by atoms with E-state index < -0.39 is 12.5 Å². The molecule has 3 nitrogen and oxygen atoms in total. The van der Waals surface area contributed by atoms with Gasteiger partial charge in [0.15, 0.2) is 0 Å². The Morgan fingerprint density at radius 2 is 1.94 bits per heavy atom. The van der Waals surface area contributed by atoms with Crippen molar-refractivity contribution in [1.82, 2.24) is 4.90 Å². The maximum absolute atomic E-state index is 12.9. The summed E-state index contributed by atoms with van der Waals surface area (Å²) in [4.78, 5) is 12.5. The number of carbonyl (C=O) groups excluding carboxylic acids is 1. The molecule has 0 unspecified atom stereocenters. The number of nitrogens with zero attached hydrogens (tertiary/aromatic N) is 1. The van der Waals surface area contributed by atoms with Crippen LogP contribution in [-0.2, 0) is 11.3 Å². The first-order valence-corrected chi connectivity index (χ1v) is 5.35. The van der Waals surface area contributed by atoms with E-state index in [2.05, 4.69) is 4.74 Å². The first-order valence-electron chi connectivity index (χ1n) is 5.35. The van der Waals surface area contributed by atoms with Gasteiger partial charge < -0.3 is 4.74 Å². The molecular formula is C13H11F2NO2. The first-order chi connectivity index (χ1) is 8.68. The summed E-state index contributed by atoms with van der Waals surface area (Å²) in [6.45, 7) is 0.0531. The van der Waals surface area contributed by atoms with Gasteiger partial charge in [0.25, 0.3) is 6.43 Å². The van der Waals surface area contributed by atoms with Crippen LogP contribution in [0.15, 0.2) is 54.4 Å². The van der Waals surface area contributed by atoms with Gasteiger partial charge in [0.05, 0.1) is 18.5 Å². The lowest BCUT2D eigenvalue weighted by Crippen LogP contribution is -2.31. The van der Waals surface area contributed by atoms with Gasteiger partial charge in [-0.05, 0) is 17.7 Å². The third-order valence-electron chi connectivity index (χ3n) is 2.45. The zero-order valence-corrected chi connectivity index (χ0v) is 9.42. The normalized spacial score (nSPS) is 15.4. The number of alkyl halides is 2. The number of ether oxygens (including phenoxy) is 1. The van der Waals surface area contributed by atoms with Gasteiger partial charge in [-0.2, -0.15) is 0 Å². The Bertz CT molecular complexity index is 483. The fraction of sp³-hybridized carbons (Fsp3) is 0.154. The molecule has 1 heterocycles. The Balaban J connectivity index is 2.25. The smallest absolute Gasteiger partial charge is 0.418 e. The number of allylic oxidation sites excluding steroid dienone is 3. The number of rotatable bonds is 3. The number of benzene rings is 1. The molecule has 0 spiro atoms. The van der Waals surface area contributed by atoms with Crippen molar-refractivity contribution in [3.05, 3.63) is 60.0 Å². The monoisotopic (exact) mass is 251 g/mol. The molecule has 94 valence electrons. The summed E-state index contributed by atoms with van der Waals surface area (Å²) >= 11 is 0. The third kappa shape index (κ3) is 2.74. The number of hydrogen-bond donors (Lipinski definition) is 0. The van der Waals surface area contributed by atoms with Gasteiger partial charge in [-0.3, -0.25) is 4.90 Å². The lowest BCUT2D eigenvalue weighted by atomic mass is 10.2. The van der Waals surface area contributed by atoms with Crippen LogP contribution in [0.2, 0.25) is 0 Å². The van der Waals surface area contributed by atoms with Crippen molar-refractivity contribution in [2.45, 2.75) is 13.0 Å². The van der Waals surface area contributed by atoms with Crippen molar-refractivity contribution < 1.29 is 18.3 Å². The molecule has 1 aromatic carbocycles. The van der Waals surface area contributed by atoms with E-state index in [4.69, 9.17) is 0 Å². The van der Waals surface area contributed by atoms with Crippen molar-refractivity contribution in [3.8, 4) is 0 Å². The van der Waals surface area contributed by atoms with Gasteiger partial charge in [-0.25, -0.2) is 13.6 Å². The predicted molar refractivity (Wildman–Crippen MR) is 61.7 cm³/mol. The molecule has 18 heavy (non-hydrogen) atoms. The van der Waals surface area contributed by atoms with E-state index in [1.165, 1.54) is 12.2 Å². The van der Waals surface area contributed by atoms with Crippen LogP contribution in [0.1, 0.15) is 5.56 Å². The van der Waals surface area contributed by atoms with Crippen LogP contribution in [0.3, 0.4) is 0 Å². The Kier molecular flexibility index (Phi) is 3.72. The fourth-order valence-corrected chi connectivity index (χ4v) is 1.61. The van der Waals surface area contributed by atoms with Gasteiger partial charge >= 0.3 is 6.09 Å². The largest absolute Gasteiger partial charge is 0.419 e. The number of cyclic esters (lactones) is 1. The molecule has 1 aliphatic rings. The average Bonchev–Trinajstić information content (AvgIpc) is 2.54. The van der Waals surface area contributed by atoms with Gasteiger partial charge in [0, 0.05) is 0 Å². The number of carbonyl (C=O) groups is 1. The molecule has 0 atom stereocenters. The van der Waals surface area contributed by atoms with E-state index in [9.17, 15) is 13.6 Å². The minimum Gasteiger partial charge on any atom is -0.418 e. The molecule has 1 aromatic rings. The van der Waals surface area contributed by atoms with E-state index in [-0.39, 0.29) is 12.2 Å². The quantitative estimate of drug-likeness (QED) is 0.824. The van der Waals surface area contributed by atoms with Crippen LogP contribution >= 0.6 is 0 Å². The van der Waals surface area contributed by atoms with Gasteiger partial charge in [-0.15, -0.1) is 0 Å². The van der Waals surface area contributed by atoms with E-state index in [0.29, 0.717) is 0 Å². The maximum atomic E-state index is 12.9. The second-order valence-electron chi connectivity index (χ2n) is 3.68. The molecule has 0 aromatic heterocycles. The SMILES string of the molecule is O=C1OC=CC=C(C(F)F)N1Cc1ccccc1. The molecule has 1 aliphatic heterocycles. The van der Waals surface area contributed by atoms with Gasteiger partial charge in [0.1, 0.15) is 0 Å². The second kappa shape index (κ2) is 5.44. The molecule has 0 bridgehead atoms. The highest BCUT2D eigenvalue weighted by Gasteiger charge is 2.26. The number of hydrogen-bond acceptors (Lipinski definition) is 2. The van der Waals surface area contributed by atoms with E-state index in [0.717, 1.165) is 16.7 Å². The van der Waals surface area contributed by atoms with Crippen molar-refractivity contribution in [3.63, 3.8) is 0 Å². The molecule has 0 aliphatic carbocycles. The Morgan fingerprint density at radius 1 is 1.22 bits per heavy atom. The van der Waals surface area contributed by atoms with Crippen molar-refractivity contribution in [2.75, 3.05) is 0 Å². The molecular weight excluding hydrogens is 240 g/mol. The first kappa shape index (κ1) is 12.3.